The van der Waals surface area contributed by atoms with Gasteiger partial charge < -0.3 is 9.47 Å². The Bertz CT molecular complexity index is 955. The highest BCUT2D eigenvalue weighted by atomic mass is 16.5. The van der Waals surface area contributed by atoms with Crippen LogP contribution in [0.2, 0.25) is 0 Å². The standard InChI is InChI=1S/C24H22O4/c1-16-4-8-18(9-5-16)22(25)23(19-10-6-17(2)7-11-19)28-24(26)20-12-14-21(27-3)15-13-20/h4-15,23H,1-3H3/t23-/m1/s1. The summed E-state index contributed by atoms with van der Waals surface area (Å²) < 4.78 is 10.8. The molecule has 3 rings (SSSR count). The quantitative estimate of drug-likeness (QED) is 0.445. The molecule has 0 unspecified atom stereocenters. The molecule has 0 fully saturated rings. The van der Waals surface area contributed by atoms with Crippen LogP contribution in [-0.4, -0.2) is 18.9 Å². The average Bonchev–Trinajstić information content (AvgIpc) is 2.73. The number of benzene rings is 3. The number of hydrogen-bond acceptors (Lipinski definition) is 4. The predicted octanol–water partition coefficient (Wildman–Crippen LogP) is 5.09. The summed E-state index contributed by atoms with van der Waals surface area (Å²) in [5, 5.41) is 0. The van der Waals surface area contributed by atoms with Gasteiger partial charge in [0.1, 0.15) is 5.75 Å². The number of Topliss-reactive ketones (excluding diaryl/α,β-unsaturated/α-hetero) is 1. The number of hydrogen-bond donors (Lipinski definition) is 0. The minimum atomic E-state index is -1.02. The average molecular weight is 374 g/mol. The van der Waals surface area contributed by atoms with E-state index in [0.29, 0.717) is 22.4 Å². The molecule has 0 aromatic heterocycles. The molecule has 0 aliphatic carbocycles. The fraction of sp³-hybridized carbons (Fsp3) is 0.167. The Morgan fingerprint density at radius 2 is 1.21 bits per heavy atom. The van der Waals surface area contributed by atoms with Gasteiger partial charge in [-0.1, -0.05) is 59.7 Å². The maximum Gasteiger partial charge on any atom is 0.339 e. The Balaban J connectivity index is 1.91. The van der Waals surface area contributed by atoms with E-state index in [0.717, 1.165) is 11.1 Å². The molecule has 3 aromatic rings. The Kier molecular flexibility index (Phi) is 5.90. The molecule has 28 heavy (non-hydrogen) atoms. The second-order valence-corrected chi connectivity index (χ2v) is 6.65. The van der Waals surface area contributed by atoms with Crippen LogP contribution in [0.5, 0.6) is 5.75 Å². The second-order valence-electron chi connectivity index (χ2n) is 6.65. The Morgan fingerprint density at radius 3 is 1.75 bits per heavy atom. The van der Waals surface area contributed by atoms with Crippen molar-refractivity contribution in [1.82, 2.24) is 0 Å². The molecule has 0 radical (unpaired) electrons. The number of aryl methyl sites for hydroxylation is 2. The second kappa shape index (κ2) is 8.53. The van der Waals surface area contributed by atoms with Gasteiger partial charge in [0, 0.05) is 11.1 Å². The van der Waals surface area contributed by atoms with Crippen molar-refractivity contribution in [3.05, 3.63) is 101 Å². The van der Waals surface area contributed by atoms with Gasteiger partial charge in [0.15, 0.2) is 6.10 Å². The van der Waals surface area contributed by atoms with Crippen molar-refractivity contribution in [2.75, 3.05) is 7.11 Å². The van der Waals surface area contributed by atoms with Gasteiger partial charge in [0.05, 0.1) is 12.7 Å². The highest BCUT2D eigenvalue weighted by Gasteiger charge is 2.26. The Labute approximate surface area is 164 Å². The summed E-state index contributed by atoms with van der Waals surface area (Å²) in [4.78, 5) is 25.8. The lowest BCUT2D eigenvalue weighted by Gasteiger charge is -2.18. The van der Waals surface area contributed by atoms with Crippen LogP contribution in [0, 0.1) is 13.8 Å². The molecule has 1 atom stereocenters. The smallest absolute Gasteiger partial charge is 0.339 e. The van der Waals surface area contributed by atoms with E-state index in [1.807, 2.05) is 50.2 Å². The van der Waals surface area contributed by atoms with Gasteiger partial charge in [0.25, 0.3) is 0 Å². The van der Waals surface area contributed by atoms with Gasteiger partial charge in [-0.2, -0.15) is 0 Å². The molecular formula is C24H22O4. The van der Waals surface area contributed by atoms with Crippen LogP contribution in [0.4, 0.5) is 0 Å². The summed E-state index contributed by atoms with van der Waals surface area (Å²) in [6.45, 7) is 3.92. The van der Waals surface area contributed by atoms with E-state index in [9.17, 15) is 9.59 Å². The molecule has 4 nitrogen and oxygen atoms in total. The summed E-state index contributed by atoms with van der Waals surface area (Å²) in [7, 11) is 1.56. The van der Waals surface area contributed by atoms with E-state index >= 15 is 0 Å². The topological polar surface area (TPSA) is 52.6 Å². The highest BCUT2D eigenvalue weighted by molar-refractivity contribution is 6.02. The Morgan fingerprint density at radius 1 is 0.714 bits per heavy atom. The highest BCUT2D eigenvalue weighted by Crippen LogP contribution is 2.25. The van der Waals surface area contributed by atoms with Crippen molar-refractivity contribution < 1.29 is 19.1 Å². The number of methoxy groups -OCH3 is 1. The lowest BCUT2D eigenvalue weighted by atomic mass is 9.98. The fourth-order valence-electron chi connectivity index (χ4n) is 2.79. The molecule has 3 aromatic carbocycles. The predicted molar refractivity (Wildman–Crippen MR) is 108 cm³/mol. The summed E-state index contributed by atoms with van der Waals surface area (Å²) in [5.74, 6) is -0.179. The summed E-state index contributed by atoms with van der Waals surface area (Å²) in [6.07, 6.45) is -1.02. The molecule has 0 bridgehead atoms. The normalized spacial score (nSPS) is 11.5. The largest absolute Gasteiger partial charge is 0.497 e. The van der Waals surface area contributed by atoms with E-state index in [1.54, 1.807) is 43.5 Å². The monoisotopic (exact) mass is 374 g/mol. The zero-order valence-electron chi connectivity index (χ0n) is 16.1. The summed E-state index contributed by atoms with van der Waals surface area (Å²) in [6, 6.07) is 21.2. The van der Waals surface area contributed by atoms with E-state index < -0.39 is 12.1 Å². The lowest BCUT2D eigenvalue weighted by Crippen LogP contribution is -2.20. The maximum absolute atomic E-state index is 13.1. The molecular weight excluding hydrogens is 352 g/mol. The van der Waals surface area contributed by atoms with Crippen LogP contribution in [0.25, 0.3) is 0 Å². The van der Waals surface area contributed by atoms with Gasteiger partial charge in [-0.15, -0.1) is 0 Å². The van der Waals surface area contributed by atoms with Gasteiger partial charge in [-0.25, -0.2) is 4.79 Å². The molecule has 0 spiro atoms. The van der Waals surface area contributed by atoms with E-state index in [-0.39, 0.29) is 5.78 Å². The zero-order chi connectivity index (χ0) is 20.1. The molecule has 0 aliphatic rings. The SMILES string of the molecule is COc1ccc(C(=O)O[C@@H](C(=O)c2ccc(C)cc2)c2ccc(C)cc2)cc1. The van der Waals surface area contributed by atoms with E-state index in [4.69, 9.17) is 9.47 Å². The lowest BCUT2D eigenvalue weighted by molar-refractivity contribution is 0.0280. The van der Waals surface area contributed by atoms with Crippen molar-refractivity contribution in [3.8, 4) is 5.75 Å². The molecule has 0 aliphatic heterocycles. The van der Waals surface area contributed by atoms with E-state index in [2.05, 4.69) is 0 Å². The third-order valence-electron chi connectivity index (χ3n) is 4.50. The third kappa shape index (κ3) is 4.46. The van der Waals surface area contributed by atoms with Crippen LogP contribution in [-0.2, 0) is 4.74 Å². The molecule has 0 saturated heterocycles. The minimum absolute atomic E-state index is 0.259. The molecule has 0 saturated carbocycles. The number of carbonyl (C=O) groups excluding carboxylic acids is 2. The van der Waals surface area contributed by atoms with Crippen LogP contribution < -0.4 is 4.74 Å². The van der Waals surface area contributed by atoms with Crippen LogP contribution in [0.1, 0.15) is 43.5 Å². The third-order valence-corrected chi connectivity index (χ3v) is 4.50. The van der Waals surface area contributed by atoms with Crippen molar-refractivity contribution in [1.29, 1.82) is 0 Å². The Hall–Kier alpha value is -3.40. The van der Waals surface area contributed by atoms with Gasteiger partial charge in [-0.05, 0) is 38.1 Å². The van der Waals surface area contributed by atoms with Crippen LogP contribution in [0.3, 0.4) is 0 Å². The molecule has 0 heterocycles. The van der Waals surface area contributed by atoms with E-state index in [1.165, 1.54) is 0 Å². The first-order valence-corrected chi connectivity index (χ1v) is 9.00. The molecule has 0 N–H and O–H groups in total. The number of ketones is 1. The summed E-state index contributed by atoms with van der Waals surface area (Å²) >= 11 is 0. The maximum atomic E-state index is 13.1. The minimum Gasteiger partial charge on any atom is -0.497 e. The van der Waals surface area contributed by atoms with Crippen molar-refractivity contribution in [3.63, 3.8) is 0 Å². The number of ether oxygens (including phenoxy) is 2. The molecule has 4 heteroatoms. The van der Waals surface area contributed by atoms with Gasteiger partial charge >= 0.3 is 5.97 Å². The van der Waals surface area contributed by atoms with Crippen molar-refractivity contribution in [2.45, 2.75) is 20.0 Å². The first kappa shape index (κ1) is 19.4. The van der Waals surface area contributed by atoms with Gasteiger partial charge in [0.2, 0.25) is 5.78 Å². The fourth-order valence-corrected chi connectivity index (χ4v) is 2.79. The number of rotatable bonds is 6. The summed E-state index contributed by atoms with van der Waals surface area (Å²) in [5.41, 5.74) is 3.61. The van der Waals surface area contributed by atoms with Crippen LogP contribution in [0.15, 0.2) is 72.8 Å². The molecule has 0 amide bonds. The van der Waals surface area contributed by atoms with Crippen molar-refractivity contribution in [2.24, 2.45) is 0 Å². The first-order valence-electron chi connectivity index (χ1n) is 9.00. The molecule has 142 valence electrons. The zero-order valence-corrected chi connectivity index (χ0v) is 16.1. The van der Waals surface area contributed by atoms with Gasteiger partial charge in [-0.3, -0.25) is 4.79 Å². The first-order chi connectivity index (χ1) is 13.5. The number of esters is 1. The number of carbonyl (C=O) groups is 2. The van der Waals surface area contributed by atoms with Crippen molar-refractivity contribution >= 4 is 11.8 Å². The van der Waals surface area contributed by atoms with Crippen LogP contribution >= 0.6 is 0 Å².